The van der Waals surface area contributed by atoms with Gasteiger partial charge in [-0.15, -0.1) is 11.3 Å². The highest BCUT2D eigenvalue weighted by Crippen LogP contribution is 2.43. The van der Waals surface area contributed by atoms with Crippen molar-refractivity contribution in [2.75, 3.05) is 38.5 Å². The van der Waals surface area contributed by atoms with Crippen molar-refractivity contribution >= 4 is 44.8 Å². The second-order valence-corrected chi connectivity index (χ2v) is 10.8. The average molecular weight is 514 g/mol. The molecule has 1 saturated heterocycles. The maximum Gasteiger partial charge on any atom is 0.274 e. The van der Waals surface area contributed by atoms with Crippen LogP contribution in [0.3, 0.4) is 0 Å². The Morgan fingerprint density at radius 3 is 2.50 bits per heavy atom. The number of amides is 2. The highest BCUT2D eigenvalue weighted by molar-refractivity contribution is 9.11. The van der Waals surface area contributed by atoms with E-state index in [0.29, 0.717) is 5.69 Å². The Bertz CT molecular complexity index is 1190. The van der Waals surface area contributed by atoms with E-state index in [-0.39, 0.29) is 11.8 Å². The van der Waals surface area contributed by atoms with Crippen LogP contribution in [0.4, 0.5) is 5.69 Å². The number of aryl methyl sites for hydroxylation is 1. The molecule has 2 aromatic heterocycles. The predicted molar refractivity (Wildman–Crippen MR) is 130 cm³/mol. The highest BCUT2D eigenvalue weighted by Gasteiger charge is 2.32. The molecule has 7 nitrogen and oxygen atoms in total. The summed E-state index contributed by atoms with van der Waals surface area (Å²) in [5, 5.41) is 7.67. The minimum absolute atomic E-state index is 0.0145. The van der Waals surface area contributed by atoms with Gasteiger partial charge in [-0.2, -0.15) is 5.10 Å². The summed E-state index contributed by atoms with van der Waals surface area (Å²) in [5.74, 6) is -0.0947. The molecule has 1 aromatic carbocycles. The van der Waals surface area contributed by atoms with Crippen LogP contribution in [0.1, 0.15) is 27.9 Å². The fourth-order valence-corrected chi connectivity index (χ4v) is 6.09. The normalized spacial score (nSPS) is 15.9. The van der Waals surface area contributed by atoms with E-state index in [1.165, 1.54) is 11.8 Å². The molecule has 1 aliphatic carbocycles. The van der Waals surface area contributed by atoms with Gasteiger partial charge in [-0.05, 0) is 66.2 Å². The number of rotatable bonds is 3. The van der Waals surface area contributed by atoms with Crippen LogP contribution in [0.2, 0.25) is 0 Å². The molecule has 2 amide bonds. The summed E-state index contributed by atoms with van der Waals surface area (Å²) in [7, 11) is 2.08. The zero-order chi connectivity index (χ0) is 22.4. The fourth-order valence-electron chi connectivity index (χ4n) is 4.39. The zero-order valence-corrected chi connectivity index (χ0v) is 20.4. The number of carbonyl (C=O) groups is 2. The summed E-state index contributed by atoms with van der Waals surface area (Å²) in [4.78, 5) is 30.3. The number of nitrogens with zero attached hydrogens (tertiary/aromatic N) is 4. The predicted octanol–water partition coefficient (Wildman–Crippen LogP) is 3.81. The Labute approximate surface area is 199 Å². The molecule has 3 aromatic rings. The Morgan fingerprint density at radius 1 is 1.09 bits per heavy atom. The van der Waals surface area contributed by atoms with E-state index in [0.717, 1.165) is 71.0 Å². The minimum Gasteiger partial charge on any atom is -0.335 e. The quantitative estimate of drug-likeness (QED) is 0.578. The molecule has 3 heterocycles. The molecule has 0 radical (unpaired) electrons. The van der Waals surface area contributed by atoms with Gasteiger partial charge in [-0.1, -0.05) is 0 Å². The molecule has 32 heavy (non-hydrogen) atoms. The largest absolute Gasteiger partial charge is 0.335 e. The van der Waals surface area contributed by atoms with Gasteiger partial charge in [0.25, 0.3) is 5.91 Å². The fraction of sp³-hybridized carbons (Fsp3) is 0.348. The molecule has 0 unspecified atom stereocenters. The third kappa shape index (κ3) is 3.89. The van der Waals surface area contributed by atoms with Crippen molar-refractivity contribution < 1.29 is 9.59 Å². The molecule has 0 saturated carbocycles. The number of hydrogen-bond donors (Lipinski definition) is 1. The number of likely N-dealkylation sites (N-methyl/N-ethyl adjacent to an activating group) is 1. The van der Waals surface area contributed by atoms with Crippen LogP contribution in [-0.4, -0.2) is 64.6 Å². The molecule has 0 atom stereocenters. The number of hydrogen-bond acceptors (Lipinski definition) is 5. The van der Waals surface area contributed by atoms with Crippen molar-refractivity contribution in [3.05, 3.63) is 50.3 Å². The van der Waals surface area contributed by atoms with Crippen molar-refractivity contribution in [1.29, 1.82) is 0 Å². The zero-order valence-electron chi connectivity index (χ0n) is 18.0. The monoisotopic (exact) mass is 513 g/mol. The van der Waals surface area contributed by atoms with Gasteiger partial charge in [0.1, 0.15) is 0 Å². The van der Waals surface area contributed by atoms with Crippen LogP contribution in [0.5, 0.6) is 0 Å². The SMILES string of the molecule is CC(=O)Nc1ccc(-n2nc(C(=O)N3CCN(C)CC3)c3c2-c2cc(Br)sc2CC3)cc1. The first kappa shape index (κ1) is 21.4. The Kier molecular flexibility index (Phi) is 5.65. The lowest BCUT2D eigenvalue weighted by atomic mass is 9.94. The summed E-state index contributed by atoms with van der Waals surface area (Å²) < 4.78 is 2.98. The van der Waals surface area contributed by atoms with Crippen molar-refractivity contribution in [1.82, 2.24) is 19.6 Å². The maximum absolute atomic E-state index is 13.5. The smallest absolute Gasteiger partial charge is 0.274 e. The Hall–Kier alpha value is -2.49. The molecule has 0 bridgehead atoms. The molecular formula is C23H24BrN5O2S. The highest BCUT2D eigenvalue weighted by atomic mass is 79.9. The van der Waals surface area contributed by atoms with E-state index in [1.54, 1.807) is 11.3 Å². The summed E-state index contributed by atoms with van der Waals surface area (Å²) >= 11 is 5.37. The van der Waals surface area contributed by atoms with Gasteiger partial charge in [0, 0.05) is 54.8 Å². The van der Waals surface area contributed by atoms with Crippen molar-refractivity contribution in [3.63, 3.8) is 0 Å². The number of halogens is 1. The molecule has 9 heteroatoms. The number of anilines is 1. The van der Waals surface area contributed by atoms with Gasteiger partial charge in [0.15, 0.2) is 5.69 Å². The molecule has 1 N–H and O–H groups in total. The standard InChI is InChI=1S/C23H24BrN5O2S/c1-14(30)25-15-3-5-16(6-4-15)29-22-17(7-8-19-18(22)13-20(24)32-19)21(26-29)23(31)28-11-9-27(2)10-12-28/h3-6,13H,7-12H2,1-2H3,(H,25,30). The van der Waals surface area contributed by atoms with Gasteiger partial charge < -0.3 is 15.1 Å². The lowest BCUT2D eigenvalue weighted by Gasteiger charge is -2.32. The number of carbonyl (C=O) groups excluding carboxylic acids is 2. The van der Waals surface area contributed by atoms with Crippen LogP contribution in [0.15, 0.2) is 34.1 Å². The number of benzene rings is 1. The molecule has 166 valence electrons. The molecule has 0 spiro atoms. The van der Waals surface area contributed by atoms with Gasteiger partial charge in [-0.25, -0.2) is 4.68 Å². The second-order valence-electron chi connectivity index (χ2n) is 8.30. The Balaban J connectivity index is 1.59. The van der Waals surface area contributed by atoms with Gasteiger partial charge >= 0.3 is 0 Å². The first-order valence-corrected chi connectivity index (χ1v) is 12.3. The summed E-state index contributed by atoms with van der Waals surface area (Å²) in [5.41, 5.74) is 5.32. The summed E-state index contributed by atoms with van der Waals surface area (Å²) in [6.45, 7) is 4.68. The molecule has 2 aliphatic rings. The van der Waals surface area contributed by atoms with Crippen LogP contribution in [-0.2, 0) is 17.6 Å². The van der Waals surface area contributed by atoms with E-state index in [2.05, 4.69) is 39.3 Å². The van der Waals surface area contributed by atoms with E-state index in [4.69, 9.17) is 5.10 Å². The third-order valence-electron chi connectivity index (χ3n) is 6.04. The molecular weight excluding hydrogens is 490 g/mol. The van der Waals surface area contributed by atoms with E-state index < -0.39 is 0 Å². The number of thiophene rings is 1. The van der Waals surface area contributed by atoms with Crippen LogP contribution in [0, 0.1) is 0 Å². The topological polar surface area (TPSA) is 70.5 Å². The molecule has 5 rings (SSSR count). The van der Waals surface area contributed by atoms with Crippen molar-refractivity contribution in [3.8, 4) is 16.9 Å². The van der Waals surface area contributed by atoms with Crippen LogP contribution < -0.4 is 5.32 Å². The van der Waals surface area contributed by atoms with Gasteiger partial charge in [-0.3, -0.25) is 9.59 Å². The first-order valence-electron chi connectivity index (χ1n) is 10.7. The van der Waals surface area contributed by atoms with E-state index >= 15 is 0 Å². The lowest BCUT2D eigenvalue weighted by molar-refractivity contribution is -0.114. The van der Waals surface area contributed by atoms with Crippen molar-refractivity contribution in [2.24, 2.45) is 0 Å². The Morgan fingerprint density at radius 2 is 1.81 bits per heavy atom. The number of aromatic nitrogens is 2. The molecule has 1 aliphatic heterocycles. The minimum atomic E-state index is -0.109. The summed E-state index contributed by atoms with van der Waals surface area (Å²) in [6, 6.07) is 9.71. The van der Waals surface area contributed by atoms with Gasteiger partial charge in [0.2, 0.25) is 5.91 Å². The van der Waals surface area contributed by atoms with Crippen LogP contribution in [0.25, 0.3) is 16.9 Å². The van der Waals surface area contributed by atoms with E-state index in [1.807, 2.05) is 33.8 Å². The number of fused-ring (bicyclic) bond motifs is 3. The third-order valence-corrected chi connectivity index (χ3v) is 7.74. The molecule has 1 fully saturated rings. The number of piperazine rings is 1. The van der Waals surface area contributed by atoms with E-state index in [9.17, 15) is 9.59 Å². The van der Waals surface area contributed by atoms with Crippen LogP contribution >= 0.6 is 27.3 Å². The maximum atomic E-state index is 13.5. The average Bonchev–Trinajstić information content (AvgIpc) is 3.34. The number of nitrogens with one attached hydrogen (secondary N) is 1. The van der Waals surface area contributed by atoms with Gasteiger partial charge in [0.05, 0.1) is 15.2 Å². The lowest BCUT2D eigenvalue weighted by Crippen LogP contribution is -2.47. The van der Waals surface area contributed by atoms with Crippen molar-refractivity contribution in [2.45, 2.75) is 19.8 Å². The summed E-state index contributed by atoms with van der Waals surface area (Å²) in [6.07, 6.45) is 1.71. The second kappa shape index (κ2) is 8.46. The first-order chi connectivity index (χ1) is 15.4.